The van der Waals surface area contributed by atoms with E-state index < -0.39 is 105 Å². The van der Waals surface area contributed by atoms with Gasteiger partial charge in [-0.1, -0.05) is 13.8 Å². The molecule has 0 radical (unpaired) electrons. The topological polar surface area (TPSA) is 311 Å². The van der Waals surface area contributed by atoms with Gasteiger partial charge in [0.2, 0.25) is 23.7 Å². The Hall–Kier alpha value is -5.80. The molecule has 3 atom stereocenters. The molecule has 0 unspecified atom stereocenters. The molecule has 2 aromatic heterocycles. The maximum atomic E-state index is 12.6. The third-order valence-electron chi connectivity index (χ3n) is 5.99. The first-order valence-corrected chi connectivity index (χ1v) is 13.5. The highest BCUT2D eigenvalue weighted by molar-refractivity contribution is 5.91. The van der Waals surface area contributed by atoms with E-state index in [9.17, 15) is 38.4 Å². The van der Waals surface area contributed by atoms with E-state index in [1.54, 1.807) is 13.8 Å². The number of ether oxygens (including phenoxy) is 3. The largest absolute Gasteiger partial charge is 0.480 e. The summed E-state index contributed by atoms with van der Waals surface area (Å²) in [6, 6.07) is 0. The van der Waals surface area contributed by atoms with Crippen LogP contribution in [0, 0.1) is 5.92 Å². The van der Waals surface area contributed by atoms with Crippen molar-refractivity contribution in [3.63, 3.8) is 0 Å². The second kappa shape index (κ2) is 15.8. The molecule has 3 heterocycles. The van der Waals surface area contributed by atoms with Crippen LogP contribution in [0.1, 0.15) is 26.5 Å². The fourth-order valence-electron chi connectivity index (χ4n) is 3.77. The van der Waals surface area contributed by atoms with Crippen molar-refractivity contribution in [1.82, 2.24) is 40.8 Å². The average molecular weight is 654 g/mol. The van der Waals surface area contributed by atoms with E-state index in [0.717, 1.165) is 0 Å². The van der Waals surface area contributed by atoms with Crippen molar-refractivity contribution < 1.29 is 58.0 Å². The summed E-state index contributed by atoms with van der Waals surface area (Å²) in [4.78, 5) is 105. The number of carbonyl (C=O) groups excluding carboxylic acids is 5. The number of carboxylic acid groups (broad SMARTS) is 2. The van der Waals surface area contributed by atoms with Crippen molar-refractivity contribution >= 4 is 59.0 Å². The van der Waals surface area contributed by atoms with E-state index in [-0.39, 0.29) is 23.5 Å². The van der Waals surface area contributed by atoms with Gasteiger partial charge in [0, 0.05) is 12.3 Å². The van der Waals surface area contributed by atoms with Gasteiger partial charge in [-0.3, -0.25) is 43.6 Å². The Morgan fingerprint density at radius 2 is 1.59 bits per heavy atom. The van der Waals surface area contributed by atoms with Gasteiger partial charge in [0.15, 0.2) is 11.2 Å². The molecule has 22 heteroatoms. The van der Waals surface area contributed by atoms with Crippen molar-refractivity contribution in [2.45, 2.75) is 38.7 Å². The predicted molar refractivity (Wildman–Crippen MR) is 149 cm³/mol. The van der Waals surface area contributed by atoms with Crippen LogP contribution in [0.15, 0.2) is 11.1 Å². The van der Waals surface area contributed by atoms with E-state index in [4.69, 9.17) is 24.4 Å². The maximum absolute atomic E-state index is 12.6. The minimum atomic E-state index is -1.30. The number of anilines is 1. The van der Waals surface area contributed by atoms with Gasteiger partial charge in [-0.15, -0.1) is 0 Å². The van der Waals surface area contributed by atoms with Gasteiger partial charge in [-0.05, 0) is 0 Å². The Morgan fingerprint density at radius 3 is 2.17 bits per heavy atom. The molecule has 46 heavy (non-hydrogen) atoms. The lowest BCUT2D eigenvalue weighted by molar-refractivity contribution is -0.138. The van der Waals surface area contributed by atoms with Crippen LogP contribution < -0.4 is 32.1 Å². The van der Waals surface area contributed by atoms with E-state index in [2.05, 4.69) is 30.9 Å². The first-order chi connectivity index (χ1) is 21.7. The van der Waals surface area contributed by atoms with Gasteiger partial charge in [-0.2, -0.15) is 4.98 Å². The Bertz CT molecular complexity index is 1550. The smallest absolute Gasteiger partial charge is 0.407 e. The van der Waals surface area contributed by atoms with Crippen LogP contribution >= 0.6 is 0 Å². The first-order valence-electron chi connectivity index (χ1n) is 13.5. The van der Waals surface area contributed by atoms with Crippen molar-refractivity contribution in [2.75, 3.05) is 38.1 Å². The number of hydrogen-bond acceptors (Lipinski definition) is 13. The highest BCUT2D eigenvalue weighted by Gasteiger charge is 2.40. The van der Waals surface area contributed by atoms with Crippen molar-refractivity contribution in [2.24, 2.45) is 5.92 Å². The normalized spacial score (nSPS) is 17.2. The number of amides is 5. The molecular formula is C24H31N9O13. The Balaban J connectivity index is 1.73. The number of aromatic nitrogens is 4. The number of nitrogens with one attached hydrogen (secondary N) is 6. The van der Waals surface area contributed by atoms with Crippen molar-refractivity contribution in [1.29, 1.82) is 0 Å². The lowest BCUT2D eigenvalue weighted by atomic mass is 10.2. The van der Waals surface area contributed by atoms with E-state index in [1.807, 2.05) is 10.6 Å². The van der Waals surface area contributed by atoms with Gasteiger partial charge >= 0.3 is 24.1 Å². The third kappa shape index (κ3) is 10.1. The third-order valence-corrected chi connectivity index (χ3v) is 5.99. The molecule has 1 aliphatic heterocycles. The molecule has 0 bridgehead atoms. The van der Waals surface area contributed by atoms with Gasteiger partial charge in [0.1, 0.15) is 51.2 Å². The lowest BCUT2D eigenvalue weighted by Gasteiger charge is -2.19. The molecule has 3 rings (SSSR count). The molecule has 1 aliphatic rings. The van der Waals surface area contributed by atoms with Gasteiger partial charge in [-0.25, -0.2) is 14.6 Å². The van der Waals surface area contributed by atoms with Crippen LogP contribution in [-0.2, 0) is 38.2 Å². The number of H-pyrrole nitrogens is 1. The Kier molecular flexibility index (Phi) is 11.9. The SMILES string of the molecule is CC(C)C(=O)Nc1nc2c(ncn2[C@H]2C[C@H](OC(=O)NCC(=O)NCC(=O)O)[C@@H](COC(=O)NCC(=O)NCC(=O)O)O2)c(=O)[nH]1. The van der Waals surface area contributed by atoms with E-state index >= 15 is 0 Å². The van der Waals surface area contributed by atoms with Gasteiger partial charge in [0.05, 0.1) is 6.33 Å². The van der Waals surface area contributed by atoms with Crippen LogP contribution in [0.25, 0.3) is 11.2 Å². The van der Waals surface area contributed by atoms with Crippen LogP contribution in [0.3, 0.4) is 0 Å². The molecule has 0 aliphatic carbocycles. The molecule has 0 saturated carbocycles. The fraction of sp³-hybridized carbons (Fsp3) is 0.500. The monoisotopic (exact) mass is 653 g/mol. The summed E-state index contributed by atoms with van der Waals surface area (Å²) in [6.45, 7) is 0.172. The van der Waals surface area contributed by atoms with Gasteiger partial charge < -0.3 is 45.7 Å². The number of alkyl carbamates (subject to hydrolysis) is 2. The molecule has 250 valence electrons. The summed E-state index contributed by atoms with van der Waals surface area (Å²) in [5.74, 6) is -5.21. The summed E-state index contributed by atoms with van der Waals surface area (Å²) in [7, 11) is 0. The molecule has 22 nitrogen and oxygen atoms in total. The average Bonchev–Trinajstić information content (AvgIpc) is 3.59. The van der Waals surface area contributed by atoms with Crippen molar-refractivity contribution in [3.8, 4) is 0 Å². The molecule has 0 aromatic carbocycles. The molecule has 2 aromatic rings. The number of carbonyl (C=O) groups is 7. The molecule has 0 spiro atoms. The van der Waals surface area contributed by atoms with Crippen LogP contribution in [0.2, 0.25) is 0 Å². The standard InChI is InChI=1S/C24H31N9O13/c1-10(2)20(40)31-22-30-19-18(21(41)32-22)29-9-33(19)15-3-11(46-24(43)28-5-14(35)26-7-17(38)39)12(45-15)8-44-23(42)27-4-13(34)25-6-16(36)37/h9-12,15H,3-8H2,1-2H3,(H,25,34)(H,26,35)(H,27,42)(H,28,43)(H,36,37)(H,38,39)(H2,30,31,32,40,41)/t11-,12+,15+/m0/s1. The number of aromatic amines is 1. The zero-order valence-electron chi connectivity index (χ0n) is 24.4. The minimum Gasteiger partial charge on any atom is -0.480 e. The van der Waals surface area contributed by atoms with E-state index in [1.165, 1.54) is 10.9 Å². The molecular weight excluding hydrogens is 622 g/mol. The highest BCUT2D eigenvalue weighted by Crippen LogP contribution is 2.32. The number of nitrogens with zero attached hydrogens (tertiary/aromatic N) is 3. The van der Waals surface area contributed by atoms with Crippen LogP contribution in [0.4, 0.5) is 15.5 Å². The second-order valence-electron chi connectivity index (χ2n) is 9.84. The molecule has 1 fully saturated rings. The number of rotatable bonds is 14. The van der Waals surface area contributed by atoms with E-state index in [0.29, 0.717) is 0 Å². The summed E-state index contributed by atoms with van der Waals surface area (Å²) in [5.41, 5.74) is -0.773. The maximum Gasteiger partial charge on any atom is 0.407 e. The zero-order chi connectivity index (χ0) is 34.0. The molecule has 8 N–H and O–H groups in total. The van der Waals surface area contributed by atoms with Crippen molar-refractivity contribution in [3.05, 3.63) is 16.7 Å². The number of imidazole rings is 1. The number of carboxylic acids is 2. The molecule has 5 amide bonds. The Labute approximate surface area is 257 Å². The minimum absolute atomic E-state index is 0.00204. The fourth-order valence-corrected chi connectivity index (χ4v) is 3.77. The first kappa shape index (κ1) is 34.7. The summed E-state index contributed by atoms with van der Waals surface area (Å²) >= 11 is 0. The number of hydrogen-bond donors (Lipinski definition) is 8. The summed E-state index contributed by atoms with van der Waals surface area (Å²) in [6.07, 6.45) is -4.39. The highest BCUT2D eigenvalue weighted by atomic mass is 16.6. The quantitative estimate of drug-likeness (QED) is 0.102. The van der Waals surface area contributed by atoms with Crippen LogP contribution in [0.5, 0.6) is 0 Å². The van der Waals surface area contributed by atoms with Gasteiger partial charge in [0.25, 0.3) is 5.56 Å². The van der Waals surface area contributed by atoms with Crippen LogP contribution in [-0.4, -0.2) is 117 Å². The summed E-state index contributed by atoms with van der Waals surface area (Å²) in [5, 5.41) is 28.1. The number of aliphatic carboxylic acids is 2. The predicted octanol–water partition coefficient (Wildman–Crippen LogP) is -2.78. The Morgan fingerprint density at radius 1 is 0.978 bits per heavy atom. The zero-order valence-corrected chi connectivity index (χ0v) is 24.4. The molecule has 1 saturated heterocycles. The second-order valence-corrected chi connectivity index (χ2v) is 9.84. The number of fused-ring (bicyclic) bond motifs is 1. The lowest BCUT2D eigenvalue weighted by Crippen LogP contribution is -2.42. The summed E-state index contributed by atoms with van der Waals surface area (Å²) < 4.78 is 17.7.